The van der Waals surface area contributed by atoms with Crippen LogP contribution in [0.3, 0.4) is 0 Å². The number of unbranched alkanes of at least 4 members (excludes halogenated alkanes) is 38. The Labute approximate surface area is 417 Å². The van der Waals surface area contributed by atoms with Gasteiger partial charge in [-0.15, -0.1) is 0 Å². The van der Waals surface area contributed by atoms with Gasteiger partial charge in [0.25, 0.3) is 0 Å². The van der Waals surface area contributed by atoms with E-state index in [-0.39, 0.29) is 18.9 Å². The van der Waals surface area contributed by atoms with E-state index in [9.17, 15) is 38.2 Å². The highest BCUT2D eigenvalue weighted by Gasteiger charge is 2.48. The Bertz CT molecular complexity index is 1260. The molecule has 1 aliphatic rings. The van der Waals surface area contributed by atoms with Crippen LogP contribution in [-0.4, -0.2) is 95.4 Å². The van der Waals surface area contributed by atoms with Gasteiger partial charge in [0.1, 0.15) is 24.4 Å². The van der Waals surface area contributed by atoms with Crippen LogP contribution in [0.4, 0.5) is 0 Å². The van der Waals surface area contributed by atoms with Gasteiger partial charge in [0.05, 0.1) is 25.4 Å². The molecular formula is C55H107NO11S. The second-order valence-corrected chi connectivity index (χ2v) is 21.3. The number of amides is 1. The first kappa shape index (κ1) is 64.9. The van der Waals surface area contributed by atoms with Crippen LogP contribution in [0.25, 0.3) is 0 Å². The minimum atomic E-state index is -5.09. The molecule has 404 valence electrons. The van der Waals surface area contributed by atoms with Gasteiger partial charge in [-0.25, -0.2) is 4.18 Å². The van der Waals surface area contributed by atoms with Crippen LogP contribution in [0.5, 0.6) is 0 Å². The van der Waals surface area contributed by atoms with E-state index >= 15 is 0 Å². The molecule has 7 atom stereocenters. The van der Waals surface area contributed by atoms with E-state index in [1.165, 1.54) is 212 Å². The lowest BCUT2D eigenvalue weighted by molar-refractivity contribution is -0.298. The van der Waals surface area contributed by atoms with Gasteiger partial charge >= 0.3 is 10.4 Å². The molecule has 1 aliphatic heterocycles. The Morgan fingerprint density at radius 2 is 0.926 bits per heavy atom. The fourth-order valence-electron chi connectivity index (χ4n) is 9.40. The van der Waals surface area contributed by atoms with Crippen LogP contribution >= 0.6 is 0 Å². The number of carbonyl (C=O) groups is 1. The van der Waals surface area contributed by atoms with Gasteiger partial charge in [0.2, 0.25) is 5.91 Å². The Balaban J connectivity index is 2.34. The number of hydrogen-bond acceptors (Lipinski definition) is 10. The molecular weight excluding hydrogens is 883 g/mol. The van der Waals surface area contributed by atoms with Crippen LogP contribution < -0.4 is 5.32 Å². The third-order valence-electron chi connectivity index (χ3n) is 13.8. The predicted octanol–water partition coefficient (Wildman–Crippen LogP) is 13.1. The molecule has 68 heavy (non-hydrogen) atoms. The maximum Gasteiger partial charge on any atom is 0.397 e. The van der Waals surface area contributed by atoms with Gasteiger partial charge in [-0.2, -0.15) is 8.42 Å². The summed E-state index contributed by atoms with van der Waals surface area (Å²) >= 11 is 0. The standard InChI is InChI=1S/C55H107NO11S/c1-3-5-7-9-11-13-15-17-19-21-22-23-24-25-26-27-28-29-31-33-35-37-39-41-43-45-51(59)56-48(47-65-55-53(61)54(67-68(62,63)64)52(60)50(46-57)66-55)49(58)44-42-40-38-36-34-32-30-20-18-16-14-12-10-8-6-4-2/h42,44,48-50,52-55,57-58,60-61H,3-41,43,45-47H2,1-2H3,(H,56,59)(H,62,63,64)/b44-42+. The molecule has 1 rings (SSSR count). The summed E-state index contributed by atoms with van der Waals surface area (Å²) in [6, 6.07) is -0.939. The third-order valence-corrected chi connectivity index (χ3v) is 14.3. The molecule has 1 saturated heterocycles. The highest BCUT2D eigenvalue weighted by molar-refractivity contribution is 7.80. The molecule has 1 amide bonds. The summed E-state index contributed by atoms with van der Waals surface area (Å²) in [5.41, 5.74) is 0. The average molecular weight is 991 g/mol. The smallest absolute Gasteiger partial charge is 0.394 e. The molecule has 0 bridgehead atoms. The number of nitrogens with one attached hydrogen (secondary N) is 1. The van der Waals surface area contributed by atoms with Crippen LogP contribution in [-0.2, 0) is 28.9 Å². The number of rotatable bonds is 50. The third kappa shape index (κ3) is 37.6. The van der Waals surface area contributed by atoms with Crippen molar-refractivity contribution < 1.29 is 51.8 Å². The molecule has 0 aromatic carbocycles. The molecule has 0 aromatic rings. The molecule has 1 fully saturated rings. The van der Waals surface area contributed by atoms with Crippen molar-refractivity contribution in [2.24, 2.45) is 0 Å². The monoisotopic (exact) mass is 990 g/mol. The van der Waals surface area contributed by atoms with Crippen molar-refractivity contribution in [3.63, 3.8) is 0 Å². The van der Waals surface area contributed by atoms with Gasteiger partial charge in [-0.05, 0) is 19.3 Å². The number of ether oxygens (including phenoxy) is 2. The van der Waals surface area contributed by atoms with Gasteiger partial charge < -0.3 is 35.2 Å². The highest BCUT2D eigenvalue weighted by atomic mass is 32.3. The summed E-state index contributed by atoms with van der Waals surface area (Å²) in [5, 5.41) is 44.9. The van der Waals surface area contributed by atoms with Crippen molar-refractivity contribution in [1.82, 2.24) is 5.32 Å². The van der Waals surface area contributed by atoms with Crippen LogP contribution in [0, 0.1) is 0 Å². The molecule has 13 heteroatoms. The lowest BCUT2D eigenvalue weighted by Crippen LogP contribution is -2.61. The molecule has 0 radical (unpaired) electrons. The van der Waals surface area contributed by atoms with E-state index in [4.69, 9.17) is 9.47 Å². The second-order valence-electron chi connectivity index (χ2n) is 20.2. The van der Waals surface area contributed by atoms with Gasteiger partial charge in [-0.1, -0.05) is 264 Å². The Hall–Kier alpha value is -1.16. The lowest BCUT2D eigenvalue weighted by Gasteiger charge is -2.41. The molecule has 0 spiro atoms. The van der Waals surface area contributed by atoms with E-state index < -0.39 is 59.9 Å². The Morgan fingerprint density at radius 1 is 0.574 bits per heavy atom. The Kier molecular flexibility index (Phi) is 43.6. The largest absolute Gasteiger partial charge is 0.397 e. The minimum absolute atomic E-state index is 0.256. The predicted molar refractivity (Wildman–Crippen MR) is 278 cm³/mol. The fourth-order valence-corrected chi connectivity index (χ4v) is 9.91. The van der Waals surface area contributed by atoms with Crippen LogP contribution in [0.2, 0.25) is 0 Å². The zero-order chi connectivity index (χ0) is 49.8. The molecule has 1 heterocycles. The molecule has 0 aliphatic carbocycles. The summed E-state index contributed by atoms with van der Waals surface area (Å²) in [7, 11) is -5.09. The molecule has 6 N–H and O–H groups in total. The van der Waals surface area contributed by atoms with Crippen LogP contribution in [0.15, 0.2) is 12.2 Å². The number of carbonyl (C=O) groups excluding carboxylic acids is 1. The topological polar surface area (TPSA) is 192 Å². The van der Waals surface area contributed by atoms with Crippen molar-refractivity contribution in [2.75, 3.05) is 13.2 Å². The first-order valence-corrected chi connectivity index (χ1v) is 29.9. The van der Waals surface area contributed by atoms with E-state index in [1.54, 1.807) is 6.08 Å². The molecule has 0 saturated carbocycles. The maximum atomic E-state index is 13.1. The van der Waals surface area contributed by atoms with Crippen molar-refractivity contribution in [3.8, 4) is 0 Å². The van der Waals surface area contributed by atoms with E-state index in [0.717, 1.165) is 38.5 Å². The Morgan fingerprint density at radius 3 is 1.28 bits per heavy atom. The lowest BCUT2D eigenvalue weighted by atomic mass is 9.99. The van der Waals surface area contributed by atoms with Gasteiger partial charge in [0, 0.05) is 6.42 Å². The van der Waals surface area contributed by atoms with Crippen molar-refractivity contribution in [2.45, 2.75) is 320 Å². The first-order valence-electron chi connectivity index (χ1n) is 28.6. The molecule has 0 aromatic heterocycles. The normalized spacial score (nSPS) is 19.8. The summed E-state index contributed by atoms with van der Waals surface area (Å²) in [4.78, 5) is 13.1. The average Bonchev–Trinajstić information content (AvgIpc) is 3.31. The summed E-state index contributed by atoms with van der Waals surface area (Å²) < 4.78 is 47.8. The van der Waals surface area contributed by atoms with Crippen molar-refractivity contribution >= 4 is 16.3 Å². The van der Waals surface area contributed by atoms with E-state index in [0.29, 0.717) is 6.42 Å². The zero-order valence-corrected chi connectivity index (χ0v) is 44.5. The maximum absolute atomic E-state index is 13.1. The van der Waals surface area contributed by atoms with Crippen LogP contribution in [0.1, 0.15) is 277 Å². The fraction of sp³-hybridized carbons (Fsp3) is 0.945. The first-order chi connectivity index (χ1) is 33.0. The van der Waals surface area contributed by atoms with E-state index in [2.05, 4.69) is 23.3 Å². The van der Waals surface area contributed by atoms with E-state index in [1.807, 2.05) is 6.08 Å². The summed E-state index contributed by atoms with van der Waals surface area (Å²) in [5.74, 6) is -0.256. The second kappa shape index (κ2) is 45.7. The van der Waals surface area contributed by atoms with Gasteiger partial charge in [-0.3, -0.25) is 9.35 Å². The molecule has 7 unspecified atom stereocenters. The number of aliphatic hydroxyl groups excluding tert-OH is 4. The highest BCUT2D eigenvalue weighted by Crippen LogP contribution is 2.26. The quantitative estimate of drug-likeness (QED) is 0.0193. The number of allylic oxidation sites excluding steroid dienone is 1. The minimum Gasteiger partial charge on any atom is -0.394 e. The number of aliphatic hydroxyl groups is 4. The van der Waals surface area contributed by atoms with Crippen molar-refractivity contribution in [1.29, 1.82) is 0 Å². The summed E-state index contributed by atoms with van der Waals surface area (Å²) in [6.07, 6.45) is 45.4. The number of hydrogen-bond donors (Lipinski definition) is 6. The zero-order valence-electron chi connectivity index (χ0n) is 43.7. The summed E-state index contributed by atoms with van der Waals surface area (Å²) in [6.45, 7) is 3.43. The van der Waals surface area contributed by atoms with Gasteiger partial charge in [0.15, 0.2) is 6.29 Å². The SMILES string of the molecule is CCCCCCCCCCCCCCCC/C=C/C(O)C(COC1OC(CO)C(O)C(OS(=O)(=O)O)C1O)NC(=O)CCCCCCCCCCCCCCCCCCCCCCCCCCC. The molecule has 12 nitrogen and oxygen atoms in total. The van der Waals surface area contributed by atoms with Crippen molar-refractivity contribution in [3.05, 3.63) is 12.2 Å².